The number of rotatable bonds is 5. The first-order valence-corrected chi connectivity index (χ1v) is 10.5. The number of carbonyl (C=O) groups excluding carboxylic acids is 2. The van der Waals surface area contributed by atoms with Crippen LogP contribution in [0.3, 0.4) is 0 Å². The fourth-order valence-corrected chi connectivity index (χ4v) is 3.90. The largest absolute Gasteiger partial charge is 0.493 e. The number of nitrogens with one attached hydrogen (secondary N) is 2. The molecule has 0 saturated heterocycles. The van der Waals surface area contributed by atoms with Crippen molar-refractivity contribution in [3.05, 3.63) is 65.5 Å². The fourth-order valence-electron chi connectivity index (χ4n) is 3.90. The van der Waals surface area contributed by atoms with Crippen LogP contribution >= 0.6 is 0 Å². The first kappa shape index (κ1) is 22.1. The Balaban J connectivity index is 1.48. The number of ether oxygens (including phenoxy) is 3. The van der Waals surface area contributed by atoms with Crippen LogP contribution in [0.2, 0.25) is 0 Å². The third-order valence-corrected chi connectivity index (χ3v) is 5.69. The molecule has 0 fully saturated rings. The lowest BCUT2D eigenvalue weighted by Crippen LogP contribution is -2.40. The van der Waals surface area contributed by atoms with E-state index < -0.39 is 6.09 Å². The topological polar surface area (TPSA) is 119 Å². The summed E-state index contributed by atoms with van der Waals surface area (Å²) in [4.78, 5) is 30.4. The number of amides is 2. The Labute approximate surface area is 191 Å². The number of nitrogens with zero attached hydrogens (tertiary/aromatic N) is 1. The maximum Gasteiger partial charge on any atom is 0.415 e. The number of nitrogen functional groups attached to an aromatic ring is 1. The lowest BCUT2D eigenvalue weighted by Gasteiger charge is -2.32. The number of anilines is 2. The second kappa shape index (κ2) is 9.15. The van der Waals surface area contributed by atoms with Crippen LogP contribution in [0.25, 0.3) is 0 Å². The number of methoxy groups -OCH3 is 2. The van der Waals surface area contributed by atoms with Crippen molar-refractivity contribution in [2.45, 2.75) is 19.4 Å². The monoisotopic (exact) mass is 450 g/mol. The predicted octanol–water partition coefficient (Wildman–Crippen LogP) is 3.98. The number of H-pyrrole nitrogens is 1. The zero-order valence-electron chi connectivity index (χ0n) is 18.7. The number of nitrogens with two attached hydrogens (primary N) is 1. The molecule has 0 aliphatic carbocycles. The zero-order chi connectivity index (χ0) is 23.5. The first-order chi connectivity index (χ1) is 15.9. The van der Waals surface area contributed by atoms with E-state index in [1.54, 1.807) is 47.4 Å². The summed E-state index contributed by atoms with van der Waals surface area (Å²) in [5.41, 5.74) is 9.15. The van der Waals surface area contributed by atoms with Gasteiger partial charge in [0.25, 0.3) is 5.91 Å². The Hall–Kier alpha value is -4.14. The quantitative estimate of drug-likeness (QED) is 0.506. The molecular formula is C24H26N4O5. The van der Waals surface area contributed by atoms with Gasteiger partial charge >= 0.3 is 6.09 Å². The molecule has 4 N–H and O–H groups in total. The molecule has 1 unspecified atom stereocenters. The van der Waals surface area contributed by atoms with Gasteiger partial charge in [0.1, 0.15) is 11.4 Å². The van der Waals surface area contributed by atoms with E-state index in [0.717, 1.165) is 11.3 Å². The number of carbonyl (C=O) groups is 2. The highest BCUT2D eigenvalue weighted by Gasteiger charge is 2.31. The Morgan fingerprint density at radius 3 is 2.58 bits per heavy atom. The second-order valence-corrected chi connectivity index (χ2v) is 7.67. The Morgan fingerprint density at radius 2 is 1.85 bits per heavy atom. The third kappa shape index (κ3) is 4.43. The highest BCUT2D eigenvalue weighted by molar-refractivity contribution is 6.04. The minimum atomic E-state index is -0.488. The van der Waals surface area contributed by atoms with Gasteiger partial charge in [-0.05, 0) is 49.2 Å². The fraction of sp³-hybridized carbons (Fsp3) is 0.250. The average molecular weight is 450 g/mol. The Morgan fingerprint density at radius 1 is 1.09 bits per heavy atom. The smallest absolute Gasteiger partial charge is 0.415 e. The van der Waals surface area contributed by atoms with Crippen molar-refractivity contribution in [1.29, 1.82) is 0 Å². The van der Waals surface area contributed by atoms with Gasteiger partial charge in [-0.15, -0.1) is 0 Å². The molecular weight excluding hydrogens is 424 g/mol. The summed E-state index contributed by atoms with van der Waals surface area (Å²) in [5, 5.41) is 2.81. The van der Waals surface area contributed by atoms with Crippen LogP contribution in [-0.4, -0.2) is 42.6 Å². The van der Waals surface area contributed by atoms with Crippen LogP contribution in [0.4, 0.5) is 16.2 Å². The normalized spacial score (nSPS) is 14.9. The van der Waals surface area contributed by atoms with Crippen molar-refractivity contribution in [1.82, 2.24) is 9.88 Å². The maximum atomic E-state index is 12.9. The van der Waals surface area contributed by atoms with E-state index in [-0.39, 0.29) is 11.9 Å². The number of hydrogen-bond donors (Lipinski definition) is 3. The molecule has 9 heteroatoms. The van der Waals surface area contributed by atoms with Crippen molar-refractivity contribution in [2.75, 3.05) is 31.8 Å². The number of aromatic amines is 1. The van der Waals surface area contributed by atoms with E-state index in [1.165, 1.54) is 14.2 Å². The minimum absolute atomic E-state index is 0.297. The summed E-state index contributed by atoms with van der Waals surface area (Å²) < 4.78 is 16.1. The Kier molecular flexibility index (Phi) is 6.12. The maximum absolute atomic E-state index is 12.9. The van der Waals surface area contributed by atoms with Crippen LogP contribution in [0.5, 0.6) is 17.2 Å². The van der Waals surface area contributed by atoms with Gasteiger partial charge < -0.3 is 30.2 Å². The van der Waals surface area contributed by atoms with Crippen LogP contribution in [-0.2, 0) is 6.42 Å². The molecule has 1 aliphatic heterocycles. The molecule has 0 spiro atoms. The molecule has 2 amide bonds. The van der Waals surface area contributed by atoms with E-state index in [1.807, 2.05) is 13.0 Å². The average Bonchev–Trinajstić information content (AvgIpc) is 3.26. The molecule has 0 bridgehead atoms. The molecule has 0 saturated carbocycles. The molecule has 2 aromatic carbocycles. The molecule has 1 atom stereocenters. The van der Waals surface area contributed by atoms with Gasteiger partial charge in [0.15, 0.2) is 11.5 Å². The van der Waals surface area contributed by atoms with Gasteiger partial charge in [-0.2, -0.15) is 0 Å². The van der Waals surface area contributed by atoms with Gasteiger partial charge in [-0.1, -0.05) is 12.1 Å². The lowest BCUT2D eigenvalue weighted by molar-refractivity contribution is 0.102. The van der Waals surface area contributed by atoms with Gasteiger partial charge in [-0.25, -0.2) is 4.79 Å². The molecule has 2 heterocycles. The summed E-state index contributed by atoms with van der Waals surface area (Å²) in [5.74, 6) is 1.06. The highest BCUT2D eigenvalue weighted by atomic mass is 16.6. The van der Waals surface area contributed by atoms with Crippen LogP contribution in [0, 0.1) is 0 Å². The van der Waals surface area contributed by atoms with Crippen LogP contribution in [0.15, 0.2) is 48.5 Å². The SMILES string of the molecule is COc1ccc(OC(=O)N2CCc3cc(C(=O)Nc4ccccc4N)[nH]c3C2C)cc1OC. The predicted molar refractivity (Wildman–Crippen MR) is 124 cm³/mol. The standard InChI is InChI=1S/C24H26N4O5/c1-14-22-15(12-19(26-22)23(29)27-18-7-5-4-6-17(18)25)10-11-28(14)24(30)33-16-8-9-20(31-2)21(13-16)32-3/h4-9,12-14,26H,10-11,25H2,1-3H3,(H,27,29). The molecule has 1 aliphatic rings. The van der Waals surface area contributed by atoms with Crippen LogP contribution in [0.1, 0.15) is 34.7 Å². The number of aromatic nitrogens is 1. The molecule has 0 radical (unpaired) electrons. The number of para-hydroxylation sites is 2. The van der Waals surface area contributed by atoms with E-state index in [0.29, 0.717) is 47.3 Å². The molecule has 4 rings (SSSR count). The van der Waals surface area contributed by atoms with E-state index >= 15 is 0 Å². The molecule has 3 aromatic rings. The summed E-state index contributed by atoms with van der Waals surface area (Å²) in [6, 6.07) is 13.5. The van der Waals surface area contributed by atoms with Crippen LogP contribution < -0.4 is 25.3 Å². The lowest BCUT2D eigenvalue weighted by atomic mass is 10.0. The van der Waals surface area contributed by atoms with E-state index in [9.17, 15) is 9.59 Å². The highest BCUT2D eigenvalue weighted by Crippen LogP contribution is 2.33. The van der Waals surface area contributed by atoms with E-state index in [4.69, 9.17) is 19.9 Å². The summed E-state index contributed by atoms with van der Waals surface area (Å²) in [6.07, 6.45) is 0.107. The second-order valence-electron chi connectivity index (χ2n) is 7.67. The van der Waals surface area contributed by atoms with Gasteiger partial charge in [-0.3, -0.25) is 9.69 Å². The minimum Gasteiger partial charge on any atom is -0.493 e. The molecule has 172 valence electrons. The van der Waals surface area contributed by atoms with Crippen molar-refractivity contribution in [2.24, 2.45) is 0 Å². The van der Waals surface area contributed by atoms with Crippen molar-refractivity contribution in [3.8, 4) is 17.2 Å². The van der Waals surface area contributed by atoms with Crippen molar-refractivity contribution < 1.29 is 23.8 Å². The first-order valence-electron chi connectivity index (χ1n) is 10.5. The number of benzene rings is 2. The van der Waals surface area contributed by atoms with Crippen molar-refractivity contribution in [3.63, 3.8) is 0 Å². The number of hydrogen-bond acceptors (Lipinski definition) is 6. The van der Waals surface area contributed by atoms with E-state index in [2.05, 4.69) is 10.3 Å². The molecule has 1 aromatic heterocycles. The Bertz CT molecular complexity index is 1190. The molecule has 9 nitrogen and oxygen atoms in total. The van der Waals surface area contributed by atoms with Crippen molar-refractivity contribution >= 4 is 23.4 Å². The zero-order valence-corrected chi connectivity index (χ0v) is 18.7. The summed E-state index contributed by atoms with van der Waals surface area (Å²) in [6.45, 7) is 2.35. The molecule has 33 heavy (non-hydrogen) atoms. The summed E-state index contributed by atoms with van der Waals surface area (Å²) >= 11 is 0. The van der Waals surface area contributed by atoms with Gasteiger partial charge in [0, 0.05) is 18.3 Å². The number of fused-ring (bicyclic) bond motifs is 1. The summed E-state index contributed by atoms with van der Waals surface area (Å²) in [7, 11) is 3.05. The third-order valence-electron chi connectivity index (χ3n) is 5.69. The van der Waals surface area contributed by atoms with Gasteiger partial charge in [0.05, 0.1) is 31.6 Å². The van der Waals surface area contributed by atoms with Gasteiger partial charge in [0.2, 0.25) is 0 Å².